The smallest absolute Gasteiger partial charge is 0.131 e. The highest BCUT2D eigenvalue weighted by Gasteiger charge is 2.17. The maximum absolute atomic E-state index is 5.84. The second-order valence-corrected chi connectivity index (χ2v) is 4.22. The van der Waals surface area contributed by atoms with Gasteiger partial charge in [-0.2, -0.15) is 0 Å². The van der Waals surface area contributed by atoms with Gasteiger partial charge in [0.15, 0.2) is 0 Å². The molecule has 1 unspecified atom stereocenters. The van der Waals surface area contributed by atoms with Gasteiger partial charge in [-0.3, -0.25) is 0 Å². The molecule has 4 heteroatoms. The second kappa shape index (κ2) is 4.81. The van der Waals surface area contributed by atoms with Crippen molar-refractivity contribution in [1.29, 1.82) is 0 Å². The van der Waals surface area contributed by atoms with E-state index in [0.29, 0.717) is 11.3 Å². The monoisotopic (exact) mass is 226 g/mol. The van der Waals surface area contributed by atoms with E-state index in [9.17, 15) is 0 Å². The minimum atomic E-state index is 0.343. The lowest BCUT2D eigenvalue weighted by Gasteiger charge is -2.21. The van der Waals surface area contributed by atoms with Gasteiger partial charge in [0.05, 0.1) is 6.10 Å². The van der Waals surface area contributed by atoms with Crippen molar-refractivity contribution in [3.8, 4) is 0 Å². The summed E-state index contributed by atoms with van der Waals surface area (Å²) in [6.07, 6.45) is 2.66. The number of hydrogen-bond donors (Lipinski definition) is 0. The van der Waals surface area contributed by atoms with Crippen LogP contribution in [-0.2, 0) is 4.74 Å². The van der Waals surface area contributed by atoms with Crippen molar-refractivity contribution < 1.29 is 4.74 Å². The minimum Gasteiger partial charge on any atom is -0.376 e. The topological polar surface area (TPSA) is 25.4 Å². The van der Waals surface area contributed by atoms with E-state index in [2.05, 4.69) is 9.88 Å². The molecular weight excluding hydrogens is 212 g/mol. The van der Waals surface area contributed by atoms with Crippen LogP contribution in [0.25, 0.3) is 0 Å². The lowest BCUT2D eigenvalue weighted by Crippen LogP contribution is -2.29. The number of likely N-dealkylation sites (N-methyl/N-ethyl adjacent to an activating group) is 1. The van der Waals surface area contributed by atoms with Crippen LogP contribution >= 0.6 is 11.6 Å². The maximum Gasteiger partial charge on any atom is 0.131 e. The van der Waals surface area contributed by atoms with Crippen molar-refractivity contribution in [2.75, 3.05) is 25.1 Å². The highest BCUT2D eigenvalue weighted by molar-refractivity contribution is 6.29. The Morgan fingerprint density at radius 1 is 1.60 bits per heavy atom. The Morgan fingerprint density at radius 2 is 2.47 bits per heavy atom. The fourth-order valence-corrected chi connectivity index (χ4v) is 1.96. The fraction of sp³-hybridized carbons (Fsp3) is 0.545. The normalized spacial score (nSPS) is 20.5. The van der Waals surface area contributed by atoms with Gasteiger partial charge in [0.25, 0.3) is 0 Å². The van der Waals surface area contributed by atoms with Gasteiger partial charge in [-0.05, 0) is 25.0 Å². The van der Waals surface area contributed by atoms with Crippen LogP contribution < -0.4 is 4.90 Å². The molecule has 1 aliphatic rings. The lowest BCUT2D eigenvalue weighted by atomic mass is 10.2. The number of anilines is 1. The number of halogens is 1. The van der Waals surface area contributed by atoms with Crippen molar-refractivity contribution in [3.63, 3.8) is 0 Å². The SMILES string of the molecule is CN(CC1CCCO1)c1cccc(Cl)n1. The maximum atomic E-state index is 5.84. The predicted molar refractivity (Wildman–Crippen MR) is 61.5 cm³/mol. The van der Waals surface area contributed by atoms with Crippen molar-refractivity contribution in [1.82, 2.24) is 4.98 Å². The Hall–Kier alpha value is -0.800. The molecule has 1 aromatic rings. The number of pyridine rings is 1. The van der Waals surface area contributed by atoms with Crippen molar-refractivity contribution in [2.24, 2.45) is 0 Å². The van der Waals surface area contributed by atoms with Crippen molar-refractivity contribution in [2.45, 2.75) is 18.9 Å². The molecule has 1 aliphatic heterocycles. The molecule has 2 heterocycles. The van der Waals surface area contributed by atoms with Crippen LogP contribution in [0.5, 0.6) is 0 Å². The number of nitrogens with zero attached hydrogens (tertiary/aromatic N) is 2. The van der Waals surface area contributed by atoms with Crippen molar-refractivity contribution in [3.05, 3.63) is 23.4 Å². The largest absolute Gasteiger partial charge is 0.376 e. The molecular formula is C11H15ClN2O. The van der Waals surface area contributed by atoms with Crippen LogP contribution in [-0.4, -0.2) is 31.3 Å². The number of ether oxygens (including phenoxy) is 1. The minimum absolute atomic E-state index is 0.343. The van der Waals surface area contributed by atoms with Gasteiger partial charge < -0.3 is 9.64 Å². The van der Waals surface area contributed by atoms with E-state index in [1.165, 1.54) is 6.42 Å². The highest BCUT2D eigenvalue weighted by atomic mass is 35.5. The van der Waals surface area contributed by atoms with Crippen LogP contribution in [0.3, 0.4) is 0 Å². The molecule has 1 fully saturated rings. The van der Waals surface area contributed by atoms with Gasteiger partial charge >= 0.3 is 0 Å². The average molecular weight is 227 g/mol. The zero-order chi connectivity index (χ0) is 10.7. The first-order valence-corrected chi connectivity index (χ1v) is 5.59. The third-order valence-corrected chi connectivity index (χ3v) is 2.80. The number of rotatable bonds is 3. The quantitative estimate of drug-likeness (QED) is 0.740. The molecule has 0 bridgehead atoms. The zero-order valence-electron chi connectivity index (χ0n) is 8.82. The van der Waals surface area contributed by atoms with E-state index in [1.54, 1.807) is 6.07 Å². The Bertz CT molecular complexity index is 326. The molecule has 0 amide bonds. The molecule has 0 saturated carbocycles. The summed E-state index contributed by atoms with van der Waals surface area (Å²) in [5, 5.41) is 0.534. The van der Waals surface area contributed by atoms with Crippen molar-refractivity contribution >= 4 is 17.4 Å². The summed E-state index contributed by atoms with van der Waals surface area (Å²) < 4.78 is 5.57. The molecule has 0 aromatic carbocycles. The van der Waals surface area contributed by atoms with Gasteiger partial charge in [0.2, 0.25) is 0 Å². The first-order chi connectivity index (χ1) is 7.25. The molecule has 0 radical (unpaired) electrons. The van der Waals surface area contributed by atoms with Gasteiger partial charge in [-0.1, -0.05) is 17.7 Å². The molecule has 82 valence electrons. The Labute approximate surface area is 95.0 Å². The van der Waals surface area contributed by atoms with Crippen LogP contribution in [0, 0.1) is 0 Å². The first kappa shape index (κ1) is 10.7. The van der Waals surface area contributed by atoms with E-state index < -0.39 is 0 Å². The predicted octanol–water partition coefficient (Wildman–Crippen LogP) is 2.35. The molecule has 0 N–H and O–H groups in total. The van der Waals surface area contributed by atoms with Crippen LogP contribution in [0.15, 0.2) is 18.2 Å². The zero-order valence-corrected chi connectivity index (χ0v) is 9.57. The average Bonchev–Trinajstić information content (AvgIpc) is 2.70. The Morgan fingerprint density at radius 3 is 3.13 bits per heavy atom. The fourth-order valence-electron chi connectivity index (χ4n) is 1.80. The standard InChI is InChI=1S/C11H15ClN2O/c1-14(8-9-4-3-7-15-9)11-6-2-5-10(12)13-11/h2,5-6,9H,3-4,7-8H2,1H3. The summed E-state index contributed by atoms with van der Waals surface area (Å²) in [6.45, 7) is 1.77. The highest BCUT2D eigenvalue weighted by Crippen LogP contribution is 2.17. The molecule has 0 aliphatic carbocycles. The van der Waals surface area contributed by atoms with Crippen LogP contribution in [0.2, 0.25) is 5.15 Å². The number of aromatic nitrogens is 1. The van der Waals surface area contributed by atoms with Gasteiger partial charge in [0.1, 0.15) is 11.0 Å². The third kappa shape index (κ3) is 2.83. The van der Waals surface area contributed by atoms with Gasteiger partial charge in [-0.25, -0.2) is 4.98 Å². The second-order valence-electron chi connectivity index (χ2n) is 3.83. The molecule has 1 atom stereocenters. The van der Waals surface area contributed by atoms with Crippen LogP contribution in [0.4, 0.5) is 5.82 Å². The van der Waals surface area contributed by atoms with Gasteiger partial charge in [-0.15, -0.1) is 0 Å². The Kier molecular flexibility index (Phi) is 3.44. The van der Waals surface area contributed by atoms with E-state index in [1.807, 2.05) is 19.2 Å². The molecule has 1 saturated heterocycles. The number of hydrogen-bond acceptors (Lipinski definition) is 3. The molecule has 0 spiro atoms. The molecule has 1 aromatic heterocycles. The molecule has 3 nitrogen and oxygen atoms in total. The summed E-state index contributed by atoms with van der Waals surface area (Å²) in [5.41, 5.74) is 0. The third-order valence-electron chi connectivity index (χ3n) is 2.59. The summed E-state index contributed by atoms with van der Waals surface area (Å²) in [6, 6.07) is 5.66. The Balaban J connectivity index is 1.97. The lowest BCUT2D eigenvalue weighted by molar-refractivity contribution is 0.116. The van der Waals surface area contributed by atoms with E-state index in [0.717, 1.165) is 25.4 Å². The summed E-state index contributed by atoms with van der Waals surface area (Å²) in [5.74, 6) is 0.901. The molecule has 15 heavy (non-hydrogen) atoms. The first-order valence-electron chi connectivity index (χ1n) is 5.21. The van der Waals surface area contributed by atoms with E-state index in [4.69, 9.17) is 16.3 Å². The molecule has 2 rings (SSSR count). The summed E-state index contributed by atoms with van der Waals surface area (Å²) >= 11 is 5.84. The van der Waals surface area contributed by atoms with E-state index >= 15 is 0 Å². The van der Waals surface area contributed by atoms with E-state index in [-0.39, 0.29) is 0 Å². The van der Waals surface area contributed by atoms with Gasteiger partial charge in [0, 0.05) is 20.2 Å². The summed E-state index contributed by atoms with van der Waals surface area (Å²) in [7, 11) is 2.01. The van der Waals surface area contributed by atoms with Crippen LogP contribution in [0.1, 0.15) is 12.8 Å². The summed E-state index contributed by atoms with van der Waals surface area (Å²) in [4.78, 5) is 6.34.